The number of aliphatic carboxylic acids is 1. The van der Waals surface area contributed by atoms with Gasteiger partial charge in [-0.15, -0.1) is 6.58 Å². The summed E-state index contributed by atoms with van der Waals surface area (Å²) in [5.74, 6) is -1.95. The number of halogens is 3. The lowest BCUT2D eigenvalue weighted by molar-refractivity contribution is -0.192. The zero-order valence-electron chi connectivity index (χ0n) is 16.1. The number of nitrogens with zero attached hydrogens (tertiary/aromatic N) is 1. The van der Waals surface area contributed by atoms with Crippen LogP contribution >= 0.6 is 0 Å². The second-order valence-electron chi connectivity index (χ2n) is 7.64. The number of carboxylic acids is 1. The van der Waals surface area contributed by atoms with E-state index in [1.54, 1.807) is 0 Å². The standard InChI is InChI=1S/C17H29NO3.C2HF3O2/c1-2-8-20-16-11-17(21-13-16)6-3-7-18(14-17)12-15-4-9-19-10-5-15;3-2(4,5)1(6)7/h2,15-16H,1,3-14H2;(H,6,7). The highest BCUT2D eigenvalue weighted by atomic mass is 19.4. The summed E-state index contributed by atoms with van der Waals surface area (Å²) in [5, 5.41) is 7.12. The number of hydrogen-bond acceptors (Lipinski definition) is 5. The second-order valence-corrected chi connectivity index (χ2v) is 7.64. The van der Waals surface area contributed by atoms with Gasteiger partial charge in [-0.05, 0) is 38.1 Å². The quantitative estimate of drug-likeness (QED) is 0.705. The Morgan fingerprint density at radius 1 is 1.36 bits per heavy atom. The van der Waals surface area contributed by atoms with Crippen molar-refractivity contribution in [3.05, 3.63) is 12.7 Å². The maximum absolute atomic E-state index is 10.6. The van der Waals surface area contributed by atoms with Crippen LogP contribution in [0.5, 0.6) is 0 Å². The molecule has 28 heavy (non-hydrogen) atoms. The van der Waals surface area contributed by atoms with Gasteiger partial charge in [0.1, 0.15) is 0 Å². The predicted molar refractivity (Wildman–Crippen MR) is 96.1 cm³/mol. The van der Waals surface area contributed by atoms with E-state index >= 15 is 0 Å². The Labute approximate surface area is 163 Å². The number of piperidine rings is 1. The monoisotopic (exact) mass is 409 g/mol. The number of carboxylic acid groups (broad SMARTS) is 1. The van der Waals surface area contributed by atoms with E-state index in [0.29, 0.717) is 6.61 Å². The summed E-state index contributed by atoms with van der Waals surface area (Å²) in [5.41, 5.74) is 0.0508. The number of likely N-dealkylation sites (tertiary alicyclic amines) is 1. The Kier molecular flexibility index (Phi) is 8.73. The molecule has 3 aliphatic rings. The Bertz CT molecular complexity index is 510. The van der Waals surface area contributed by atoms with E-state index in [-0.39, 0.29) is 11.7 Å². The second kappa shape index (κ2) is 10.6. The topological polar surface area (TPSA) is 68.2 Å². The molecule has 0 radical (unpaired) electrons. The van der Waals surface area contributed by atoms with Crippen LogP contribution in [-0.2, 0) is 19.0 Å². The van der Waals surface area contributed by atoms with Gasteiger partial charge in [-0.2, -0.15) is 13.2 Å². The van der Waals surface area contributed by atoms with Gasteiger partial charge in [-0.25, -0.2) is 4.79 Å². The summed E-state index contributed by atoms with van der Waals surface area (Å²) < 4.78 is 49.2. The van der Waals surface area contributed by atoms with Crippen LogP contribution in [0, 0.1) is 5.92 Å². The van der Waals surface area contributed by atoms with Gasteiger partial charge in [-0.3, -0.25) is 0 Å². The van der Waals surface area contributed by atoms with Crippen molar-refractivity contribution in [2.75, 3.05) is 46.1 Å². The Balaban J connectivity index is 0.000000345. The molecular weight excluding hydrogens is 379 g/mol. The van der Waals surface area contributed by atoms with E-state index in [0.717, 1.165) is 38.7 Å². The molecular formula is C19H30F3NO5. The largest absolute Gasteiger partial charge is 0.490 e. The summed E-state index contributed by atoms with van der Waals surface area (Å²) >= 11 is 0. The fraction of sp³-hybridized carbons (Fsp3) is 0.842. The van der Waals surface area contributed by atoms with Crippen LogP contribution in [0.3, 0.4) is 0 Å². The Hall–Kier alpha value is -1.16. The van der Waals surface area contributed by atoms with Crippen molar-refractivity contribution in [3.63, 3.8) is 0 Å². The normalized spacial score (nSPS) is 29.3. The average Bonchev–Trinajstić information content (AvgIpc) is 3.02. The number of alkyl halides is 3. The Morgan fingerprint density at radius 2 is 2.04 bits per heavy atom. The molecule has 0 saturated carbocycles. The lowest BCUT2D eigenvalue weighted by atomic mass is 9.88. The molecule has 3 saturated heterocycles. The van der Waals surface area contributed by atoms with Gasteiger partial charge in [-0.1, -0.05) is 6.08 Å². The molecule has 1 N–H and O–H groups in total. The molecule has 0 amide bonds. The smallest absolute Gasteiger partial charge is 0.475 e. The fourth-order valence-electron chi connectivity index (χ4n) is 4.04. The van der Waals surface area contributed by atoms with E-state index in [2.05, 4.69) is 11.5 Å². The van der Waals surface area contributed by atoms with E-state index in [1.807, 2.05) is 6.08 Å². The number of carbonyl (C=O) groups is 1. The molecule has 0 aromatic heterocycles. The molecule has 3 fully saturated rings. The molecule has 1 spiro atoms. The lowest BCUT2D eigenvalue weighted by Crippen LogP contribution is -2.49. The molecule has 3 aliphatic heterocycles. The van der Waals surface area contributed by atoms with Gasteiger partial charge in [0.15, 0.2) is 0 Å². The molecule has 162 valence electrons. The van der Waals surface area contributed by atoms with Gasteiger partial charge < -0.3 is 24.2 Å². The minimum absolute atomic E-state index is 0.0508. The molecule has 0 aromatic carbocycles. The average molecular weight is 409 g/mol. The first kappa shape index (κ1) is 23.1. The molecule has 3 heterocycles. The molecule has 2 atom stereocenters. The van der Waals surface area contributed by atoms with Crippen LogP contribution in [-0.4, -0.2) is 79.9 Å². The lowest BCUT2D eigenvalue weighted by Gasteiger charge is -2.41. The molecule has 6 nitrogen and oxygen atoms in total. The number of hydrogen-bond donors (Lipinski definition) is 1. The van der Waals surface area contributed by atoms with Crippen molar-refractivity contribution >= 4 is 5.97 Å². The highest BCUT2D eigenvalue weighted by molar-refractivity contribution is 5.73. The van der Waals surface area contributed by atoms with Crippen LogP contribution in [0.1, 0.15) is 32.1 Å². The summed E-state index contributed by atoms with van der Waals surface area (Å²) in [6, 6.07) is 0. The van der Waals surface area contributed by atoms with Gasteiger partial charge >= 0.3 is 12.1 Å². The first-order valence-electron chi connectivity index (χ1n) is 9.71. The first-order chi connectivity index (χ1) is 13.2. The molecule has 9 heteroatoms. The number of ether oxygens (including phenoxy) is 3. The van der Waals surface area contributed by atoms with Crippen molar-refractivity contribution in [1.82, 2.24) is 4.90 Å². The van der Waals surface area contributed by atoms with Crippen molar-refractivity contribution < 1.29 is 37.3 Å². The summed E-state index contributed by atoms with van der Waals surface area (Å²) in [6.45, 7) is 10.5. The first-order valence-corrected chi connectivity index (χ1v) is 9.71. The van der Waals surface area contributed by atoms with Gasteiger partial charge in [0.05, 0.1) is 24.9 Å². The molecule has 0 aliphatic carbocycles. The van der Waals surface area contributed by atoms with Crippen LogP contribution < -0.4 is 0 Å². The fourth-order valence-corrected chi connectivity index (χ4v) is 4.04. The van der Waals surface area contributed by atoms with Gasteiger partial charge in [0.25, 0.3) is 0 Å². The van der Waals surface area contributed by atoms with Gasteiger partial charge in [0.2, 0.25) is 0 Å². The summed E-state index contributed by atoms with van der Waals surface area (Å²) in [7, 11) is 0. The maximum atomic E-state index is 10.6. The minimum Gasteiger partial charge on any atom is -0.475 e. The van der Waals surface area contributed by atoms with Crippen LogP contribution in [0.4, 0.5) is 13.2 Å². The molecule has 0 aromatic rings. The molecule has 0 bridgehead atoms. The third kappa shape index (κ3) is 7.35. The van der Waals surface area contributed by atoms with Crippen molar-refractivity contribution in [1.29, 1.82) is 0 Å². The number of rotatable bonds is 5. The van der Waals surface area contributed by atoms with E-state index in [4.69, 9.17) is 24.1 Å². The van der Waals surface area contributed by atoms with E-state index in [9.17, 15) is 13.2 Å². The van der Waals surface area contributed by atoms with Crippen LogP contribution in [0.25, 0.3) is 0 Å². The summed E-state index contributed by atoms with van der Waals surface area (Å²) in [6.07, 6.45) is 2.91. The van der Waals surface area contributed by atoms with Crippen molar-refractivity contribution in [2.24, 2.45) is 5.92 Å². The van der Waals surface area contributed by atoms with Crippen molar-refractivity contribution in [2.45, 2.75) is 50.0 Å². The minimum atomic E-state index is -5.08. The van der Waals surface area contributed by atoms with E-state index < -0.39 is 12.1 Å². The zero-order chi connectivity index (χ0) is 20.6. The van der Waals surface area contributed by atoms with Crippen LogP contribution in [0.2, 0.25) is 0 Å². The van der Waals surface area contributed by atoms with Gasteiger partial charge in [0, 0.05) is 32.7 Å². The molecule has 3 rings (SSSR count). The predicted octanol–water partition coefficient (Wildman–Crippen LogP) is 2.87. The third-order valence-electron chi connectivity index (χ3n) is 5.34. The van der Waals surface area contributed by atoms with Crippen LogP contribution in [0.15, 0.2) is 12.7 Å². The SMILES string of the molecule is C=CCOC1COC2(CCCN(CC3CCOCC3)C2)C1.O=C(O)C(F)(F)F. The Morgan fingerprint density at radius 3 is 2.64 bits per heavy atom. The highest BCUT2D eigenvalue weighted by Gasteiger charge is 2.44. The molecule has 2 unspecified atom stereocenters. The maximum Gasteiger partial charge on any atom is 0.490 e. The third-order valence-corrected chi connectivity index (χ3v) is 5.34. The zero-order valence-corrected chi connectivity index (χ0v) is 16.1. The van der Waals surface area contributed by atoms with E-state index in [1.165, 1.54) is 38.8 Å². The summed E-state index contributed by atoms with van der Waals surface area (Å²) in [4.78, 5) is 11.5. The van der Waals surface area contributed by atoms with Crippen molar-refractivity contribution in [3.8, 4) is 0 Å². The highest BCUT2D eigenvalue weighted by Crippen LogP contribution is 2.36.